The summed E-state index contributed by atoms with van der Waals surface area (Å²) < 4.78 is 5.14. The van der Waals surface area contributed by atoms with Crippen molar-refractivity contribution in [2.24, 2.45) is 13.0 Å². The van der Waals surface area contributed by atoms with Crippen molar-refractivity contribution < 1.29 is 14.4 Å². The molecule has 0 spiro atoms. The Bertz CT molecular complexity index is 2380. The molecule has 8 rings (SSSR count). The number of imide groups is 1. The van der Waals surface area contributed by atoms with Crippen LogP contribution in [0.3, 0.4) is 0 Å². The van der Waals surface area contributed by atoms with Crippen molar-refractivity contribution in [3.8, 4) is 11.8 Å². The molecule has 3 aliphatic rings. The molecule has 14 heteroatoms. The van der Waals surface area contributed by atoms with Gasteiger partial charge in [0.2, 0.25) is 17.8 Å². The Hall–Kier alpha value is -5.97. The molecule has 2 N–H and O–H groups in total. The molecule has 278 valence electrons. The molecule has 3 fully saturated rings. The highest BCUT2D eigenvalue weighted by atomic mass is 16.2. The summed E-state index contributed by atoms with van der Waals surface area (Å²) >= 11 is 0. The average Bonchev–Trinajstić information content (AvgIpc) is 3.89. The van der Waals surface area contributed by atoms with Gasteiger partial charge < -0.3 is 19.7 Å². The number of amides is 3. The molecule has 1 atom stereocenters. The first-order chi connectivity index (χ1) is 26.2. The lowest BCUT2D eigenvalue weighted by molar-refractivity contribution is -0.135. The molecule has 1 aliphatic carbocycles. The highest BCUT2D eigenvalue weighted by molar-refractivity contribution is 6.00. The van der Waals surface area contributed by atoms with Crippen molar-refractivity contribution in [3.05, 3.63) is 70.5 Å². The first-order valence-electron chi connectivity index (χ1n) is 18.8. The highest BCUT2D eigenvalue weighted by Crippen LogP contribution is 2.35. The topological polar surface area (TPSA) is 152 Å². The monoisotopic (exact) mass is 728 g/mol. The summed E-state index contributed by atoms with van der Waals surface area (Å²) in [7, 11) is 5.24. The van der Waals surface area contributed by atoms with Crippen molar-refractivity contribution in [2.75, 3.05) is 37.4 Å². The number of imidazole rings is 1. The second kappa shape index (κ2) is 14.5. The number of nitrogens with zero attached hydrogens (tertiary/aromatic N) is 8. The molecule has 6 heterocycles. The molecule has 0 unspecified atom stereocenters. The maximum absolute atomic E-state index is 13.3. The summed E-state index contributed by atoms with van der Waals surface area (Å²) in [6.07, 6.45) is 11.2. The second-order valence-electron chi connectivity index (χ2n) is 14.8. The predicted octanol–water partition coefficient (Wildman–Crippen LogP) is 4.68. The zero-order valence-corrected chi connectivity index (χ0v) is 30.8. The predicted molar refractivity (Wildman–Crippen MR) is 206 cm³/mol. The van der Waals surface area contributed by atoms with Gasteiger partial charge in [0, 0.05) is 64.7 Å². The molecule has 2 aliphatic heterocycles. The van der Waals surface area contributed by atoms with E-state index in [1.54, 1.807) is 36.8 Å². The largest absolute Gasteiger partial charge is 0.370 e. The Morgan fingerprint density at radius 1 is 0.981 bits per heavy atom. The molecule has 1 aromatic carbocycles. The van der Waals surface area contributed by atoms with Crippen LogP contribution >= 0.6 is 0 Å². The average molecular weight is 729 g/mol. The fourth-order valence-electron chi connectivity index (χ4n) is 8.21. The highest BCUT2D eigenvalue weighted by Gasteiger charge is 2.32. The molecular weight excluding hydrogens is 685 g/mol. The van der Waals surface area contributed by atoms with E-state index in [4.69, 9.17) is 4.98 Å². The Kier molecular flexibility index (Phi) is 9.39. The first kappa shape index (κ1) is 35.1. The van der Waals surface area contributed by atoms with Gasteiger partial charge in [-0.15, -0.1) is 0 Å². The Morgan fingerprint density at radius 3 is 2.50 bits per heavy atom. The molecule has 0 radical (unpaired) electrons. The van der Waals surface area contributed by atoms with Crippen LogP contribution in [0, 0.1) is 17.8 Å². The van der Waals surface area contributed by atoms with Crippen LogP contribution < -0.4 is 21.2 Å². The van der Waals surface area contributed by atoms with Crippen LogP contribution in [0.5, 0.6) is 0 Å². The van der Waals surface area contributed by atoms with E-state index >= 15 is 0 Å². The van der Waals surface area contributed by atoms with Gasteiger partial charge in [-0.1, -0.05) is 30.7 Å². The van der Waals surface area contributed by atoms with E-state index in [0.29, 0.717) is 40.8 Å². The summed E-state index contributed by atoms with van der Waals surface area (Å²) in [6.45, 7) is 1.79. The van der Waals surface area contributed by atoms with E-state index < -0.39 is 11.9 Å². The number of hydrogen-bond acceptors (Lipinski definition) is 9. The van der Waals surface area contributed by atoms with E-state index in [-0.39, 0.29) is 30.0 Å². The number of hydrogen-bond donors (Lipinski definition) is 2. The Morgan fingerprint density at radius 2 is 1.78 bits per heavy atom. The number of piperidine rings is 2. The molecule has 0 bridgehead atoms. The lowest BCUT2D eigenvalue weighted by Crippen LogP contribution is -2.44. The van der Waals surface area contributed by atoms with Crippen LogP contribution in [0.4, 0.5) is 17.5 Å². The van der Waals surface area contributed by atoms with Crippen molar-refractivity contribution in [1.29, 1.82) is 0 Å². The lowest BCUT2D eigenvalue weighted by Gasteiger charge is -2.32. The summed E-state index contributed by atoms with van der Waals surface area (Å²) in [5.41, 5.74) is 4.24. The number of fused-ring (bicyclic) bond motifs is 2. The number of pyridine rings is 1. The molecule has 14 nitrogen and oxygen atoms in total. The van der Waals surface area contributed by atoms with Gasteiger partial charge >= 0.3 is 5.69 Å². The normalized spacial score (nSPS) is 18.2. The maximum atomic E-state index is 13.3. The Labute approximate surface area is 312 Å². The van der Waals surface area contributed by atoms with Crippen LogP contribution in [-0.2, 0) is 16.6 Å². The van der Waals surface area contributed by atoms with Gasteiger partial charge in [-0.2, -0.15) is 4.98 Å². The van der Waals surface area contributed by atoms with E-state index in [9.17, 15) is 19.2 Å². The number of aryl methyl sites for hydroxylation is 1. The molecule has 3 amide bonds. The molecule has 1 saturated carbocycles. The van der Waals surface area contributed by atoms with Gasteiger partial charge in [-0.3, -0.25) is 28.8 Å². The molecule has 54 heavy (non-hydrogen) atoms. The maximum Gasteiger partial charge on any atom is 0.329 e. The van der Waals surface area contributed by atoms with E-state index in [0.717, 1.165) is 80.3 Å². The van der Waals surface area contributed by atoms with Gasteiger partial charge in [0.25, 0.3) is 5.91 Å². The minimum Gasteiger partial charge on any atom is -0.370 e. The number of rotatable bonds is 7. The number of anilines is 3. The SMILES string of the molecule is CN(C)C(=O)c1cc2cnc(Nc3ccc(N4CCC(CC#Cc5cccc6c5n(C)c(=O)n6[C@@H]5CCC(=O)NC5=O)CC4)cn3)nc2n1C1CCCC1. The summed E-state index contributed by atoms with van der Waals surface area (Å²) in [5, 5.41) is 6.47. The summed E-state index contributed by atoms with van der Waals surface area (Å²) in [4.78, 5) is 68.6. The molecule has 2 saturated heterocycles. The number of aromatic nitrogens is 6. The van der Waals surface area contributed by atoms with Gasteiger partial charge in [-0.25, -0.2) is 14.8 Å². The van der Waals surface area contributed by atoms with Crippen LogP contribution in [0.25, 0.3) is 22.1 Å². The zero-order chi connectivity index (χ0) is 37.5. The van der Waals surface area contributed by atoms with Crippen molar-refractivity contribution in [1.82, 2.24) is 38.9 Å². The number of nitrogens with one attached hydrogen (secondary N) is 2. The third-order valence-corrected chi connectivity index (χ3v) is 11.1. The minimum atomic E-state index is -0.727. The summed E-state index contributed by atoms with van der Waals surface area (Å²) in [6, 6.07) is 11.0. The van der Waals surface area contributed by atoms with Crippen molar-refractivity contribution in [3.63, 3.8) is 0 Å². The number of para-hydroxylation sites is 1. The fourth-order valence-corrected chi connectivity index (χ4v) is 8.21. The Balaban J connectivity index is 0.902. The van der Waals surface area contributed by atoms with Gasteiger partial charge in [-0.05, 0) is 68.4 Å². The third kappa shape index (κ3) is 6.59. The van der Waals surface area contributed by atoms with Crippen molar-refractivity contribution >= 4 is 57.2 Å². The van der Waals surface area contributed by atoms with E-state index in [1.165, 1.54) is 4.57 Å². The second-order valence-corrected chi connectivity index (χ2v) is 14.8. The van der Waals surface area contributed by atoms with Gasteiger partial charge in [0.05, 0.1) is 28.5 Å². The fraction of sp³-hybridized carbons (Fsp3) is 0.425. The smallest absolute Gasteiger partial charge is 0.329 e. The van der Waals surface area contributed by atoms with Crippen LogP contribution in [0.1, 0.15) is 85.9 Å². The van der Waals surface area contributed by atoms with Crippen molar-refractivity contribution in [2.45, 2.75) is 69.9 Å². The number of carbonyl (C=O) groups is 3. The lowest BCUT2D eigenvalue weighted by atomic mass is 9.93. The van der Waals surface area contributed by atoms with Crippen LogP contribution in [0.2, 0.25) is 0 Å². The summed E-state index contributed by atoms with van der Waals surface area (Å²) in [5.74, 6) is 7.41. The van der Waals surface area contributed by atoms with Crippen LogP contribution in [0.15, 0.2) is 53.6 Å². The standard InChI is InChI=1S/C40H44N10O4/c1-46(2)38(53)32-22-27-23-42-39(45-36(27)49(32)28-11-4-5-12-28)43-33-16-14-29(24-41-33)48-20-18-25(19-21-48)8-6-9-26-10-7-13-30-35(26)47(3)40(54)50(30)31-15-17-34(51)44-37(31)52/h7,10,13-14,16,22-25,28,31H,4-5,8,11-12,15,17-21H2,1-3H3,(H,44,51,52)(H,41,42,43,45)/t31-/m1/s1. The van der Waals surface area contributed by atoms with Crippen LogP contribution in [-0.4, -0.2) is 78.5 Å². The quantitative estimate of drug-likeness (QED) is 0.180. The van der Waals surface area contributed by atoms with Gasteiger partial charge in [0.15, 0.2) is 0 Å². The molecule has 4 aromatic heterocycles. The number of benzene rings is 1. The zero-order valence-electron chi connectivity index (χ0n) is 30.8. The number of carbonyl (C=O) groups excluding carboxylic acids is 3. The minimum absolute atomic E-state index is 0.0351. The molecular formula is C40H44N10O4. The molecule has 5 aromatic rings. The van der Waals surface area contributed by atoms with Gasteiger partial charge in [0.1, 0.15) is 23.2 Å². The van der Waals surface area contributed by atoms with E-state index in [2.05, 4.69) is 48.0 Å². The third-order valence-electron chi connectivity index (χ3n) is 11.1. The first-order valence-corrected chi connectivity index (χ1v) is 18.8. The van der Waals surface area contributed by atoms with E-state index in [1.807, 2.05) is 36.5 Å².